The Labute approximate surface area is 96.7 Å². The van der Waals surface area contributed by atoms with E-state index in [9.17, 15) is 0 Å². The number of hydrogen-bond donors (Lipinski definition) is 1. The maximum atomic E-state index is 5.08. The Morgan fingerprint density at radius 1 is 1.53 bits per heavy atom. The molecule has 2 nitrogen and oxygen atoms in total. The zero-order chi connectivity index (χ0) is 10.9. The first-order valence-corrected chi connectivity index (χ1v) is 6.54. The lowest BCUT2D eigenvalue weighted by Crippen LogP contribution is -2.31. The first-order valence-electron chi connectivity index (χ1n) is 5.60. The second kappa shape index (κ2) is 7.85. The zero-order valence-corrected chi connectivity index (χ0v) is 10.5. The van der Waals surface area contributed by atoms with E-state index in [0.717, 1.165) is 26.0 Å². The highest BCUT2D eigenvalue weighted by Crippen LogP contribution is 2.11. The first-order chi connectivity index (χ1) is 7.36. The van der Waals surface area contributed by atoms with Crippen molar-refractivity contribution in [3.8, 4) is 0 Å². The van der Waals surface area contributed by atoms with E-state index < -0.39 is 0 Å². The van der Waals surface area contributed by atoms with E-state index in [1.54, 1.807) is 18.4 Å². The second-order valence-electron chi connectivity index (χ2n) is 3.73. The lowest BCUT2D eigenvalue weighted by atomic mass is 10.0. The van der Waals surface area contributed by atoms with Gasteiger partial charge < -0.3 is 10.1 Å². The van der Waals surface area contributed by atoms with Gasteiger partial charge in [-0.05, 0) is 48.2 Å². The fourth-order valence-corrected chi connectivity index (χ4v) is 2.41. The highest BCUT2D eigenvalue weighted by atomic mass is 32.1. The summed E-state index contributed by atoms with van der Waals surface area (Å²) in [5, 5.41) is 7.91. The lowest BCUT2D eigenvalue weighted by Gasteiger charge is -2.16. The van der Waals surface area contributed by atoms with Crippen LogP contribution in [0.4, 0.5) is 0 Å². The maximum Gasteiger partial charge on any atom is 0.0462 e. The Kier molecular flexibility index (Phi) is 6.64. The Bertz CT molecular complexity index is 236. The lowest BCUT2D eigenvalue weighted by molar-refractivity contribution is 0.188. The molecular weight excluding hydrogens is 206 g/mol. The average molecular weight is 227 g/mol. The highest BCUT2D eigenvalue weighted by Gasteiger charge is 2.08. The third kappa shape index (κ3) is 5.30. The van der Waals surface area contributed by atoms with Gasteiger partial charge in [0.15, 0.2) is 0 Å². The molecule has 1 aromatic rings. The Balaban J connectivity index is 2.29. The molecular formula is C12H21NOS. The fourth-order valence-electron chi connectivity index (χ4n) is 1.73. The molecule has 1 aromatic heterocycles. The molecule has 0 amide bonds. The van der Waals surface area contributed by atoms with Gasteiger partial charge in [0.1, 0.15) is 0 Å². The molecule has 1 heterocycles. The quantitative estimate of drug-likeness (QED) is 0.689. The standard InChI is InChI=1S/C12H21NOS/c1-3-13-12(5-4-7-14-2)9-11-6-8-15-10-11/h6,8,10,12-13H,3-5,7,9H2,1-2H3. The number of rotatable bonds is 8. The van der Waals surface area contributed by atoms with E-state index in [1.807, 2.05) is 0 Å². The van der Waals surface area contributed by atoms with Crippen molar-refractivity contribution in [3.63, 3.8) is 0 Å². The SMILES string of the molecule is CCNC(CCCOC)Cc1ccsc1. The van der Waals surface area contributed by atoms with Crippen molar-refractivity contribution < 1.29 is 4.74 Å². The van der Waals surface area contributed by atoms with Gasteiger partial charge >= 0.3 is 0 Å². The number of thiophene rings is 1. The smallest absolute Gasteiger partial charge is 0.0462 e. The van der Waals surface area contributed by atoms with Crippen LogP contribution in [0.5, 0.6) is 0 Å². The third-order valence-electron chi connectivity index (χ3n) is 2.46. The zero-order valence-electron chi connectivity index (χ0n) is 9.66. The number of nitrogens with one attached hydrogen (secondary N) is 1. The van der Waals surface area contributed by atoms with Gasteiger partial charge in [0.2, 0.25) is 0 Å². The predicted molar refractivity (Wildman–Crippen MR) is 66.6 cm³/mol. The number of ether oxygens (including phenoxy) is 1. The van der Waals surface area contributed by atoms with Crippen molar-refractivity contribution in [1.29, 1.82) is 0 Å². The molecule has 0 radical (unpaired) electrons. The molecule has 1 atom stereocenters. The van der Waals surface area contributed by atoms with Crippen molar-refractivity contribution in [2.45, 2.75) is 32.2 Å². The van der Waals surface area contributed by atoms with Crippen molar-refractivity contribution >= 4 is 11.3 Å². The molecule has 1 rings (SSSR count). The molecule has 1 N–H and O–H groups in total. The van der Waals surface area contributed by atoms with Gasteiger partial charge in [-0.15, -0.1) is 0 Å². The third-order valence-corrected chi connectivity index (χ3v) is 3.19. The van der Waals surface area contributed by atoms with E-state index in [4.69, 9.17) is 4.74 Å². The summed E-state index contributed by atoms with van der Waals surface area (Å²) in [6.07, 6.45) is 3.47. The normalized spacial score (nSPS) is 12.9. The number of methoxy groups -OCH3 is 1. The minimum Gasteiger partial charge on any atom is -0.385 e. The molecule has 0 saturated carbocycles. The van der Waals surface area contributed by atoms with Crippen molar-refractivity contribution in [2.75, 3.05) is 20.3 Å². The van der Waals surface area contributed by atoms with Crippen LogP contribution in [-0.4, -0.2) is 26.3 Å². The summed E-state index contributed by atoms with van der Waals surface area (Å²) in [5.74, 6) is 0. The summed E-state index contributed by atoms with van der Waals surface area (Å²) >= 11 is 1.78. The summed E-state index contributed by atoms with van der Waals surface area (Å²) < 4.78 is 5.08. The largest absolute Gasteiger partial charge is 0.385 e. The summed E-state index contributed by atoms with van der Waals surface area (Å²) in [6.45, 7) is 4.07. The van der Waals surface area contributed by atoms with Gasteiger partial charge in [-0.2, -0.15) is 11.3 Å². The van der Waals surface area contributed by atoms with Crippen LogP contribution in [0.15, 0.2) is 16.8 Å². The van der Waals surface area contributed by atoms with E-state index in [1.165, 1.54) is 12.0 Å². The van der Waals surface area contributed by atoms with Crippen LogP contribution in [0.3, 0.4) is 0 Å². The molecule has 0 fully saturated rings. The molecule has 15 heavy (non-hydrogen) atoms. The van der Waals surface area contributed by atoms with Crippen molar-refractivity contribution in [2.24, 2.45) is 0 Å². The summed E-state index contributed by atoms with van der Waals surface area (Å²) in [4.78, 5) is 0. The second-order valence-corrected chi connectivity index (χ2v) is 4.51. The molecule has 0 saturated heterocycles. The molecule has 0 aliphatic rings. The van der Waals surface area contributed by atoms with Gasteiger partial charge in [0, 0.05) is 19.8 Å². The van der Waals surface area contributed by atoms with Crippen molar-refractivity contribution in [1.82, 2.24) is 5.32 Å². The Hall–Kier alpha value is -0.380. The van der Waals surface area contributed by atoms with Crippen LogP contribution >= 0.6 is 11.3 Å². The minimum absolute atomic E-state index is 0.597. The van der Waals surface area contributed by atoms with Crippen LogP contribution in [0.1, 0.15) is 25.3 Å². The van der Waals surface area contributed by atoms with Crippen LogP contribution in [0.2, 0.25) is 0 Å². The fraction of sp³-hybridized carbons (Fsp3) is 0.667. The number of hydrogen-bond acceptors (Lipinski definition) is 3. The van der Waals surface area contributed by atoms with E-state index >= 15 is 0 Å². The van der Waals surface area contributed by atoms with Crippen molar-refractivity contribution in [3.05, 3.63) is 22.4 Å². The van der Waals surface area contributed by atoms with E-state index in [-0.39, 0.29) is 0 Å². The summed E-state index contributed by atoms with van der Waals surface area (Å²) in [6, 6.07) is 2.81. The first kappa shape index (κ1) is 12.7. The van der Waals surface area contributed by atoms with Gasteiger partial charge in [-0.1, -0.05) is 6.92 Å². The molecule has 1 unspecified atom stereocenters. The molecule has 0 aliphatic carbocycles. The molecule has 86 valence electrons. The van der Waals surface area contributed by atoms with Gasteiger partial charge in [-0.25, -0.2) is 0 Å². The van der Waals surface area contributed by atoms with Gasteiger partial charge in [-0.3, -0.25) is 0 Å². The van der Waals surface area contributed by atoms with E-state index in [0.29, 0.717) is 6.04 Å². The molecule has 0 aliphatic heterocycles. The Morgan fingerprint density at radius 2 is 2.40 bits per heavy atom. The average Bonchev–Trinajstić information content (AvgIpc) is 2.71. The minimum atomic E-state index is 0.597. The van der Waals surface area contributed by atoms with E-state index in [2.05, 4.69) is 29.1 Å². The van der Waals surface area contributed by atoms with Crippen LogP contribution in [0, 0.1) is 0 Å². The monoisotopic (exact) mass is 227 g/mol. The number of likely N-dealkylation sites (N-methyl/N-ethyl adjacent to an activating group) is 1. The van der Waals surface area contributed by atoms with Crippen LogP contribution in [-0.2, 0) is 11.2 Å². The van der Waals surface area contributed by atoms with Crippen LogP contribution < -0.4 is 5.32 Å². The summed E-state index contributed by atoms with van der Waals surface area (Å²) in [5.41, 5.74) is 1.45. The topological polar surface area (TPSA) is 21.3 Å². The van der Waals surface area contributed by atoms with Crippen LogP contribution in [0.25, 0.3) is 0 Å². The predicted octanol–water partition coefficient (Wildman–Crippen LogP) is 2.70. The highest BCUT2D eigenvalue weighted by molar-refractivity contribution is 7.07. The molecule has 0 bridgehead atoms. The molecule has 0 spiro atoms. The molecule has 3 heteroatoms. The van der Waals surface area contributed by atoms with Gasteiger partial charge in [0.25, 0.3) is 0 Å². The van der Waals surface area contributed by atoms with Gasteiger partial charge in [0.05, 0.1) is 0 Å². The Morgan fingerprint density at radius 3 is 3.00 bits per heavy atom. The summed E-state index contributed by atoms with van der Waals surface area (Å²) in [7, 11) is 1.77. The molecule has 0 aromatic carbocycles. The maximum absolute atomic E-state index is 5.08.